The van der Waals surface area contributed by atoms with Crippen molar-refractivity contribution in [3.8, 4) is 5.75 Å². The van der Waals surface area contributed by atoms with E-state index in [1.54, 1.807) is 6.07 Å². The Morgan fingerprint density at radius 1 is 1.24 bits per heavy atom. The molecule has 4 nitrogen and oxygen atoms in total. The van der Waals surface area contributed by atoms with E-state index >= 15 is 0 Å². The lowest BCUT2D eigenvalue weighted by Gasteiger charge is -2.10. The highest BCUT2D eigenvalue weighted by Crippen LogP contribution is 2.21. The van der Waals surface area contributed by atoms with Gasteiger partial charge in [0.15, 0.2) is 0 Å². The highest BCUT2D eigenvalue weighted by Gasteiger charge is 2.39. The topological polar surface area (TPSA) is 47.9 Å². The maximum Gasteiger partial charge on any atom is 0.469 e. The number of benzene rings is 1. The smallest absolute Gasteiger partial charge is 0.451 e. The van der Waals surface area contributed by atoms with Crippen LogP contribution in [0.5, 0.6) is 5.75 Å². The number of carbonyl (C=O) groups is 1. The maximum atomic E-state index is 12.4. The van der Waals surface area contributed by atoms with Gasteiger partial charge in [-0.05, 0) is 12.1 Å². The Labute approximate surface area is 94.7 Å². The van der Waals surface area contributed by atoms with Crippen molar-refractivity contribution in [2.45, 2.75) is 6.18 Å². The molecule has 0 heterocycles. The van der Waals surface area contributed by atoms with E-state index in [4.69, 9.17) is 0 Å². The first-order valence-electron chi connectivity index (χ1n) is 4.40. The number of aliphatic imine (C=N–C) groups is 1. The van der Waals surface area contributed by atoms with Gasteiger partial charge < -0.3 is 9.47 Å². The van der Waals surface area contributed by atoms with E-state index in [1.807, 2.05) is 0 Å². The molecule has 0 atom stereocenters. The molecule has 0 bridgehead atoms. The van der Waals surface area contributed by atoms with Crippen LogP contribution in [0.25, 0.3) is 0 Å². The fourth-order valence-corrected chi connectivity index (χ4v) is 0.873. The Balaban J connectivity index is 2.94. The summed E-state index contributed by atoms with van der Waals surface area (Å²) < 4.78 is 45.8. The molecular weight excluding hydrogens is 239 g/mol. The summed E-state index contributed by atoms with van der Waals surface area (Å²) in [6.07, 6.45) is -6.25. The van der Waals surface area contributed by atoms with Crippen LogP contribution in [0.3, 0.4) is 0 Å². The number of methoxy groups -OCH3 is 1. The number of carbonyl (C=O) groups excluding carboxylic acids is 1. The molecular formula is C10H8F3NO3. The van der Waals surface area contributed by atoms with E-state index in [0.29, 0.717) is 0 Å². The number of hydrogen-bond donors (Lipinski definition) is 0. The summed E-state index contributed by atoms with van der Waals surface area (Å²) in [5, 5.41) is 0. The number of alkyl halides is 3. The minimum Gasteiger partial charge on any atom is -0.451 e. The number of para-hydroxylation sites is 1. The monoisotopic (exact) mass is 247 g/mol. The Morgan fingerprint density at radius 3 is 2.29 bits per heavy atom. The summed E-state index contributed by atoms with van der Waals surface area (Å²) in [4.78, 5) is 13.3. The second-order valence-corrected chi connectivity index (χ2v) is 2.80. The number of hydrogen-bond acceptors (Lipinski definition) is 3. The van der Waals surface area contributed by atoms with Crippen molar-refractivity contribution in [1.29, 1.82) is 0 Å². The molecule has 92 valence electrons. The number of rotatable bonds is 1. The Morgan fingerprint density at radius 2 is 1.82 bits per heavy atom. The third-order valence-corrected chi connectivity index (χ3v) is 1.57. The second-order valence-electron chi connectivity index (χ2n) is 2.80. The second kappa shape index (κ2) is 5.33. The summed E-state index contributed by atoms with van der Waals surface area (Å²) in [5.74, 6) is -1.75. The SMILES string of the molecule is COC(=O)/N=C(/Oc1ccccc1)C(F)(F)F. The Bertz CT molecular complexity index is 415. The van der Waals surface area contributed by atoms with Gasteiger partial charge >= 0.3 is 18.2 Å². The van der Waals surface area contributed by atoms with Crippen LogP contribution in [-0.2, 0) is 4.74 Å². The standard InChI is InChI=1S/C10H8F3NO3/c1-16-9(15)14-8(10(11,12)13)17-7-5-3-2-4-6-7/h2-6H,1H3/b14-8+. The minimum atomic E-state index is -4.87. The summed E-state index contributed by atoms with van der Waals surface area (Å²) in [6, 6.07) is 7.19. The fraction of sp³-hybridized carbons (Fsp3) is 0.200. The molecule has 1 amide bonds. The number of ether oxygens (including phenoxy) is 2. The molecule has 1 aromatic rings. The van der Waals surface area contributed by atoms with E-state index in [2.05, 4.69) is 14.5 Å². The predicted octanol–water partition coefficient (Wildman–Crippen LogP) is 2.79. The molecule has 0 aliphatic heterocycles. The molecule has 0 fully saturated rings. The van der Waals surface area contributed by atoms with Crippen molar-refractivity contribution in [1.82, 2.24) is 0 Å². The molecule has 0 saturated heterocycles. The van der Waals surface area contributed by atoms with Crippen LogP contribution in [0, 0.1) is 0 Å². The minimum absolute atomic E-state index is 0.0764. The van der Waals surface area contributed by atoms with Crippen LogP contribution in [0.1, 0.15) is 0 Å². The molecule has 1 rings (SSSR count). The van der Waals surface area contributed by atoms with Crippen LogP contribution in [0.4, 0.5) is 18.0 Å². The van der Waals surface area contributed by atoms with Gasteiger partial charge in [-0.25, -0.2) is 4.79 Å². The Hall–Kier alpha value is -2.05. The first-order chi connectivity index (χ1) is 7.93. The molecule has 0 aliphatic rings. The first kappa shape index (κ1) is 13.0. The largest absolute Gasteiger partial charge is 0.469 e. The van der Waals surface area contributed by atoms with Crippen molar-refractivity contribution in [2.24, 2.45) is 4.99 Å². The van der Waals surface area contributed by atoms with Gasteiger partial charge in [0, 0.05) is 0 Å². The van der Waals surface area contributed by atoms with E-state index in [0.717, 1.165) is 7.11 Å². The number of halogens is 3. The molecule has 0 unspecified atom stereocenters. The van der Waals surface area contributed by atoms with E-state index in [1.165, 1.54) is 24.3 Å². The van der Waals surface area contributed by atoms with Crippen molar-refractivity contribution in [3.63, 3.8) is 0 Å². The zero-order valence-corrected chi connectivity index (χ0v) is 8.69. The van der Waals surface area contributed by atoms with Gasteiger partial charge in [0.25, 0.3) is 0 Å². The molecule has 0 saturated carbocycles. The van der Waals surface area contributed by atoms with Crippen LogP contribution in [0.15, 0.2) is 35.3 Å². The van der Waals surface area contributed by atoms with Gasteiger partial charge in [0.05, 0.1) is 7.11 Å². The zero-order chi connectivity index (χ0) is 12.9. The average molecular weight is 247 g/mol. The maximum absolute atomic E-state index is 12.4. The van der Waals surface area contributed by atoms with Gasteiger partial charge in [-0.3, -0.25) is 0 Å². The lowest BCUT2D eigenvalue weighted by molar-refractivity contribution is -0.0711. The zero-order valence-electron chi connectivity index (χ0n) is 8.69. The predicted molar refractivity (Wildman–Crippen MR) is 53.0 cm³/mol. The van der Waals surface area contributed by atoms with E-state index in [9.17, 15) is 18.0 Å². The summed E-state index contributed by atoms with van der Waals surface area (Å²) in [5.41, 5.74) is 0. The van der Waals surface area contributed by atoms with E-state index in [-0.39, 0.29) is 5.75 Å². The van der Waals surface area contributed by atoms with Gasteiger partial charge in [0.2, 0.25) is 0 Å². The molecule has 0 aromatic heterocycles. The summed E-state index contributed by atoms with van der Waals surface area (Å²) in [7, 11) is 0.919. The molecule has 17 heavy (non-hydrogen) atoms. The highest BCUT2D eigenvalue weighted by molar-refractivity contribution is 5.92. The van der Waals surface area contributed by atoms with Crippen molar-refractivity contribution in [3.05, 3.63) is 30.3 Å². The van der Waals surface area contributed by atoms with E-state index < -0.39 is 18.2 Å². The van der Waals surface area contributed by atoms with Gasteiger partial charge in [-0.15, -0.1) is 4.99 Å². The molecule has 7 heteroatoms. The molecule has 0 aliphatic carbocycles. The van der Waals surface area contributed by atoms with Crippen molar-refractivity contribution in [2.75, 3.05) is 7.11 Å². The third kappa shape index (κ3) is 4.13. The number of nitrogens with zero attached hydrogens (tertiary/aromatic N) is 1. The lowest BCUT2D eigenvalue weighted by atomic mass is 10.3. The fourth-order valence-electron chi connectivity index (χ4n) is 0.873. The average Bonchev–Trinajstić information content (AvgIpc) is 2.28. The van der Waals surface area contributed by atoms with Crippen molar-refractivity contribution >= 4 is 12.0 Å². The molecule has 0 spiro atoms. The van der Waals surface area contributed by atoms with Crippen LogP contribution in [-0.4, -0.2) is 25.3 Å². The van der Waals surface area contributed by atoms with Gasteiger partial charge in [-0.1, -0.05) is 18.2 Å². The molecule has 0 radical (unpaired) electrons. The summed E-state index contributed by atoms with van der Waals surface area (Å²) >= 11 is 0. The van der Waals surface area contributed by atoms with Crippen LogP contribution >= 0.6 is 0 Å². The van der Waals surface area contributed by atoms with Crippen molar-refractivity contribution < 1.29 is 27.4 Å². The first-order valence-corrected chi connectivity index (χ1v) is 4.40. The third-order valence-electron chi connectivity index (χ3n) is 1.57. The number of amides is 1. The van der Waals surface area contributed by atoms with Gasteiger partial charge in [-0.2, -0.15) is 13.2 Å². The quantitative estimate of drug-likeness (QED) is 0.566. The molecule has 0 N–H and O–H groups in total. The van der Waals surface area contributed by atoms with Crippen LogP contribution < -0.4 is 4.74 Å². The Kier molecular flexibility index (Phi) is 4.08. The molecule has 1 aromatic carbocycles. The summed E-state index contributed by atoms with van der Waals surface area (Å²) in [6.45, 7) is 0. The van der Waals surface area contributed by atoms with Crippen LogP contribution in [0.2, 0.25) is 0 Å². The van der Waals surface area contributed by atoms with Gasteiger partial charge in [0.1, 0.15) is 5.75 Å². The normalized spacial score (nSPS) is 12.1. The highest BCUT2D eigenvalue weighted by atomic mass is 19.4. The lowest BCUT2D eigenvalue weighted by Crippen LogP contribution is -2.29.